The quantitative estimate of drug-likeness (QED) is 0.480. The Morgan fingerprint density at radius 3 is 2.25 bits per heavy atom. The van der Waals surface area contributed by atoms with Gasteiger partial charge in [-0.25, -0.2) is 0 Å². The minimum atomic E-state index is 0. The van der Waals surface area contributed by atoms with Crippen LogP contribution in [-0.4, -0.2) is 45.2 Å². The summed E-state index contributed by atoms with van der Waals surface area (Å²) in [6.07, 6.45) is 1.82. The van der Waals surface area contributed by atoms with E-state index in [1.54, 1.807) is 25.2 Å². The molecule has 0 heterocycles. The summed E-state index contributed by atoms with van der Waals surface area (Å²) in [6.45, 7) is 1.13. The molecule has 0 aliphatic heterocycles. The third-order valence-electron chi connectivity index (χ3n) is 4.32. The van der Waals surface area contributed by atoms with Crippen LogP contribution in [-0.2, 0) is 11.2 Å². The van der Waals surface area contributed by atoms with Gasteiger partial charge in [-0.2, -0.15) is 0 Å². The summed E-state index contributed by atoms with van der Waals surface area (Å²) in [7, 11) is 5.01. The molecule has 2 rings (SSSR count). The highest BCUT2D eigenvalue weighted by Gasteiger charge is 2.10. The summed E-state index contributed by atoms with van der Waals surface area (Å²) in [5.74, 6) is 2.13. The van der Waals surface area contributed by atoms with Gasteiger partial charge in [0, 0.05) is 43.9 Å². The van der Waals surface area contributed by atoms with Gasteiger partial charge in [-0.3, -0.25) is 4.79 Å². The first-order valence-corrected chi connectivity index (χ1v) is 8.96. The molecule has 0 saturated carbocycles. The Labute approximate surface area is 173 Å². The second kappa shape index (κ2) is 12.0. The summed E-state index contributed by atoms with van der Waals surface area (Å²) < 4.78 is 16.2. The van der Waals surface area contributed by atoms with Crippen molar-refractivity contribution in [1.82, 2.24) is 4.90 Å². The maximum Gasteiger partial charge on any atom is 0.222 e. The number of halogens is 1. The molecular formula is C21H29ClN2O4. The van der Waals surface area contributed by atoms with Crippen molar-refractivity contribution in [3.63, 3.8) is 0 Å². The molecular weight excluding hydrogens is 380 g/mol. The molecule has 2 aromatic rings. The largest absolute Gasteiger partial charge is 0.496 e. The van der Waals surface area contributed by atoms with Gasteiger partial charge in [0.2, 0.25) is 5.91 Å². The Kier molecular flexibility index (Phi) is 10.0. The Morgan fingerprint density at radius 2 is 1.64 bits per heavy atom. The normalized spacial score (nSPS) is 9.96. The average molecular weight is 409 g/mol. The first-order valence-electron chi connectivity index (χ1n) is 8.96. The first-order chi connectivity index (χ1) is 13.0. The van der Waals surface area contributed by atoms with Crippen molar-refractivity contribution in [1.29, 1.82) is 0 Å². The molecule has 6 nitrogen and oxygen atoms in total. The maximum atomic E-state index is 12.3. The molecule has 0 atom stereocenters. The Bertz CT molecular complexity index is 733. The van der Waals surface area contributed by atoms with Crippen molar-refractivity contribution in [3.8, 4) is 17.2 Å². The van der Waals surface area contributed by atoms with Gasteiger partial charge in [0.15, 0.2) is 0 Å². The maximum absolute atomic E-state index is 12.3. The molecule has 2 aromatic carbocycles. The van der Waals surface area contributed by atoms with Crippen molar-refractivity contribution in [2.24, 2.45) is 0 Å². The number of benzene rings is 2. The van der Waals surface area contributed by atoms with Crippen molar-refractivity contribution in [2.45, 2.75) is 19.3 Å². The van der Waals surface area contributed by atoms with Crippen LogP contribution in [0, 0.1) is 0 Å². The van der Waals surface area contributed by atoms with Crippen molar-refractivity contribution in [3.05, 3.63) is 48.0 Å². The van der Waals surface area contributed by atoms with Gasteiger partial charge in [0.1, 0.15) is 17.2 Å². The number of carbonyl (C=O) groups excluding carboxylic acids is 1. The first kappa shape index (κ1) is 23.4. The summed E-state index contributed by atoms with van der Waals surface area (Å²) in [5.41, 5.74) is 7.66. The molecule has 0 aromatic heterocycles. The molecule has 0 unspecified atom stereocenters. The van der Waals surface area contributed by atoms with E-state index in [2.05, 4.69) is 0 Å². The molecule has 0 fully saturated rings. The number of hydrogen-bond donors (Lipinski definition) is 1. The topological polar surface area (TPSA) is 74.0 Å². The minimum absolute atomic E-state index is 0. The number of ether oxygens (including phenoxy) is 3. The summed E-state index contributed by atoms with van der Waals surface area (Å²) in [6, 6.07) is 13.0. The molecule has 154 valence electrons. The van der Waals surface area contributed by atoms with Gasteiger partial charge in [-0.1, -0.05) is 18.2 Å². The number of carbonyl (C=O) groups is 1. The summed E-state index contributed by atoms with van der Waals surface area (Å²) >= 11 is 0. The Balaban J connectivity index is 0.00000392. The number of aryl methyl sites for hydroxylation is 1. The number of nitrogens with two attached hydrogens (primary N) is 1. The SMILES string of the molecule is COc1cc(OC)cc(OCCCN(C)C(=O)CCc2ccccc2N)c1.Cl. The number of para-hydroxylation sites is 1. The number of hydrogen-bond acceptors (Lipinski definition) is 5. The van der Waals surface area contributed by atoms with Crippen LogP contribution < -0.4 is 19.9 Å². The van der Waals surface area contributed by atoms with E-state index in [0.29, 0.717) is 43.2 Å². The summed E-state index contributed by atoms with van der Waals surface area (Å²) in [4.78, 5) is 14.0. The Morgan fingerprint density at radius 1 is 1.04 bits per heavy atom. The lowest BCUT2D eigenvalue weighted by atomic mass is 10.1. The van der Waals surface area contributed by atoms with Crippen LogP contribution in [0.5, 0.6) is 17.2 Å². The van der Waals surface area contributed by atoms with Crippen molar-refractivity contribution in [2.75, 3.05) is 40.2 Å². The van der Waals surface area contributed by atoms with Gasteiger partial charge < -0.3 is 24.8 Å². The lowest BCUT2D eigenvalue weighted by Gasteiger charge is -2.18. The van der Waals surface area contributed by atoms with E-state index in [9.17, 15) is 4.79 Å². The molecule has 0 bridgehead atoms. The number of nitrogens with zero attached hydrogens (tertiary/aromatic N) is 1. The highest BCUT2D eigenvalue weighted by atomic mass is 35.5. The van der Waals surface area contributed by atoms with E-state index < -0.39 is 0 Å². The average Bonchev–Trinajstić information content (AvgIpc) is 2.69. The fraction of sp³-hybridized carbons (Fsp3) is 0.381. The zero-order valence-corrected chi connectivity index (χ0v) is 17.5. The minimum Gasteiger partial charge on any atom is -0.496 e. The van der Waals surface area contributed by atoms with E-state index in [1.807, 2.05) is 43.4 Å². The molecule has 0 radical (unpaired) electrons. The molecule has 2 N–H and O–H groups in total. The van der Waals surface area contributed by atoms with E-state index in [0.717, 1.165) is 17.7 Å². The molecule has 0 spiro atoms. The highest BCUT2D eigenvalue weighted by molar-refractivity contribution is 5.85. The van der Waals surface area contributed by atoms with Crippen LogP contribution in [0.2, 0.25) is 0 Å². The number of amides is 1. The van der Waals surface area contributed by atoms with Gasteiger partial charge in [0.05, 0.1) is 20.8 Å². The van der Waals surface area contributed by atoms with Crippen LogP contribution in [0.1, 0.15) is 18.4 Å². The second-order valence-electron chi connectivity index (χ2n) is 6.26. The lowest BCUT2D eigenvalue weighted by Crippen LogP contribution is -2.28. The highest BCUT2D eigenvalue weighted by Crippen LogP contribution is 2.27. The smallest absolute Gasteiger partial charge is 0.222 e. The monoisotopic (exact) mass is 408 g/mol. The van der Waals surface area contributed by atoms with Gasteiger partial charge in [0.25, 0.3) is 0 Å². The van der Waals surface area contributed by atoms with Crippen molar-refractivity contribution < 1.29 is 19.0 Å². The van der Waals surface area contributed by atoms with Crippen LogP contribution in [0.4, 0.5) is 5.69 Å². The number of anilines is 1. The van der Waals surface area contributed by atoms with Crippen LogP contribution >= 0.6 is 12.4 Å². The Hall–Kier alpha value is -2.60. The van der Waals surface area contributed by atoms with Crippen molar-refractivity contribution >= 4 is 24.0 Å². The fourth-order valence-corrected chi connectivity index (χ4v) is 2.68. The third-order valence-corrected chi connectivity index (χ3v) is 4.32. The van der Waals surface area contributed by atoms with Gasteiger partial charge in [-0.15, -0.1) is 12.4 Å². The predicted molar refractivity (Wildman–Crippen MR) is 114 cm³/mol. The zero-order valence-electron chi connectivity index (χ0n) is 16.6. The molecule has 0 saturated heterocycles. The van der Waals surface area contributed by atoms with E-state index in [4.69, 9.17) is 19.9 Å². The van der Waals surface area contributed by atoms with Gasteiger partial charge in [-0.05, 0) is 24.5 Å². The standard InChI is InChI=1S/C21H28N2O4.ClH/c1-23(21(24)10-9-16-7-4-5-8-20(16)22)11-6-12-27-19-14-17(25-2)13-18(15-19)26-3;/h4-5,7-8,13-15H,6,9-12,22H2,1-3H3;1H. The molecule has 0 aliphatic carbocycles. The number of rotatable bonds is 10. The van der Waals surface area contributed by atoms with Gasteiger partial charge >= 0.3 is 0 Å². The lowest BCUT2D eigenvalue weighted by molar-refractivity contribution is -0.129. The van der Waals surface area contributed by atoms with E-state index in [1.165, 1.54) is 0 Å². The van der Waals surface area contributed by atoms with E-state index >= 15 is 0 Å². The van der Waals surface area contributed by atoms with Crippen LogP contribution in [0.25, 0.3) is 0 Å². The molecule has 0 aliphatic rings. The molecule has 1 amide bonds. The third kappa shape index (κ3) is 7.19. The summed E-state index contributed by atoms with van der Waals surface area (Å²) in [5, 5.41) is 0. The molecule has 28 heavy (non-hydrogen) atoms. The van der Waals surface area contributed by atoms with Crippen LogP contribution in [0.3, 0.4) is 0 Å². The second-order valence-corrected chi connectivity index (χ2v) is 6.26. The van der Waals surface area contributed by atoms with Crippen LogP contribution in [0.15, 0.2) is 42.5 Å². The molecule has 7 heteroatoms. The number of nitrogen functional groups attached to an aromatic ring is 1. The predicted octanol–water partition coefficient (Wildman–Crippen LogP) is 3.57. The number of methoxy groups -OCH3 is 2. The fourth-order valence-electron chi connectivity index (χ4n) is 2.68. The van der Waals surface area contributed by atoms with E-state index in [-0.39, 0.29) is 18.3 Å². The zero-order chi connectivity index (χ0) is 19.6.